The first-order chi connectivity index (χ1) is 22.4. The molecule has 2 N–H and O–H groups in total. The molecule has 4 aromatic heterocycles. The molecule has 0 spiro atoms. The molecule has 2 unspecified atom stereocenters. The van der Waals surface area contributed by atoms with Crippen LogP contribution in [0.5, 0.6) is 0 Å². The Bertz CT molecular complexity index is 2600. The van der Waals surface area contributed by atoms with Crippen LogP contribution in [-0.2, 0) is 4.79 Å². The fourth-order valence-corrected chi connectivity index (χ4v) is 7.19. The number of fused-ring (bicyclic) bond motifs is 6. The number of halogens is 2. The molecule has 11 heteroatoms. The second-order valence-corrected chi connectivity index (χ2v) is 12.4. The normalized spacial score (nSPS) is 16.7. The predicted molar refractivity (Wildman–Crippen MR) is 180 cm³/mol. The lowest BCUT2D eigenvalue weighted by Crippen LogP contribution is -2.56. The molecule has 0 aliphatic carbocycles. The maximum atomic E-state index is 14.1. The first-order valence-electron chi connectivity index (χ1n) is 14.6. The third-order valence-electron chi connectivity index (χ3n) is 8.77. The lowest BCUT2D eigenvalue weighted by atomic mass is 9.89. The maximum absolute atomic E-state index is 14.1. The molecule has 46 heavy (non-hydrogen) atoms. The zero-order valence-corrected chi connectivity index (χ0v) is 25.6. The van der Waals surface area contributed by atoms with Gasteiger partial charge in [0.25, 0.3) is 11.5 Å². The van der Waals surface area contributed by atoms with Crippen molar-refractivity contribution in [2.45, 2.75) is 18.3 Å². The first-order valence-corrected chi connectivity index (χ1v) is 15.4. The minimum atomic E-state index is -0.900. The second-order valence-electron chi connectivity index (χ2n) is 11.5. The van der Waals surface area contributed by atoms with Crippen molar-refractivity contribution in [1.82, 2.24) is 24.7 Å². The van der Waals surface area contributed by atoms with Gasteiger partial charge in [-0.2, -0.15) is 0 Å². The zero-order chi connectivity index (χ0) is 31.3. The van der Waals surface area contributed by atoms with Crippen molar-refractivity contribution in [3.63, 3.8) is 0 Å². The first kappa shape index (κ1) is 27.0. The number of pyridine rings is 1. The number of carbonyl (C=O) groups is 1. The Kier molecular flexibility index (Phi) is 5.75. The van der Waals surface area contributed by atoms with E-state index in [1.165, 1.54) is 9.47 Å². The topological polar surface area (TPSA) is 113 Å². The van der Waals surface area contributed by atoms with Crippen molar-refractivity contribution >= 4 is 78.7 Å². The smallest absolute Gasteiger partial charge is 0.331 e. The van der Waals surface area contributed by atoms with E-state index in [1.807, 2.05) is 85.8 Å². The number of benzene rings is 4. The van der Waals surface area contributed by atoms with Gasteiger partial charge in [-0.25, -0.2) is 4.57 Å². The van der Waals surface area contributed by atoms with Crippen LogP contribution < -0.4 is 10.5 Å². The summed E-state index contributed by atoms with van der Waals surface area (Å²) in [6.07, 6.45) is 0. The number of aromatic amines is 2. The average molecular weight is 646 g/mol. The molecule has 0 radical (unpaired) electrons. The van der Waals surface area contributed by atoms with Gasteiger partial charge >= 0.3 is 12.0 Å². The van der Waals surface area contributed by atoms with Crippen molar-refractivity contribution in [3.8, 4) is 17.3 Å². The number of carbonyl (C=O) groups excluding carboxylic acids is 1. The summed E-state index contributed by atoms with van der Waals surface area (Å²) >= 11 is 13.2. The summed E-state index contributed by atoms with van der Waals surface area (Å²) < 4.78 is 7.65. The molecule has 0 bridgehead atoms. The van der Waals surface area contributed by atoms with Crippen LogP contribution in [0.15, 0.2) is 100 Å². The summed E-state index contributed by atoms with van der Waals surface area (Å²) in [5, 5.41) is 11.2. The average Bonchev–Trinajstić information content (AvgIpc) is 3.80. The van der Waals surface area contributed by atoms with Crippen LogP contribution in [0, 0.1) is 6.92 Å². The van der Waals surface area contributed by atoms with Crippen LogP contribution in [0.25, 0.3) is 60.9 Å². The maximum Gasteiger partial charge on any atom is 0.331 e. The number of anilines is 1. The van der Waals surface area contributed by atoms with Gasteiger partial charge in [-0.15, -0.1) is 11.6 Å². The molecule has 2 atom stereocenters. The predicted octanol–water partition coefficient (Wildman–Crippen LogP) is 7.81. The Labute approximate surface area is 270 Å². The molecule has 0 saturated carbocycles. The molecule has 1 saturated heterocycles. The Hall–Kier alpha value is -5.38. The van der Waals surface area contributed by atoms with Crippen molar-refractivity contribution in [3.05, 3.63) is 117 Å². The van der Waals surface area contributed by atoms with Gasteiger partial charge in [0.05, 0.1) is 22.8 Å². The molecular formula is C35H22Cl2N6O3. The Morgan fingerprint density at radius 1 is 0.783 bits per heavy atom. The third-order valence-corrected chi connectivity index (χ3v) is 9.43. The quantitative estimate of drug-likeness (QED) is 0.150. The number of hydrogen-bond acceptors (Lipinski definition) is 5. The highest BCUT2D eigenvalue weighted by molar-refractivity contribution is 6.37. The van der Waals surface area contributed by atoms with Gasteiger partial charge in [0.1, 0.15) is 5.38 Å². The Balaban J connectivity index is 1.24. The van der Waals surface area contributed by atoms with E-state index < -0.39 is 17.3 Å². The van der Waals surface area contributed by atoms with E-state index in [0.29, 0.717) is 15.9 Å². The molecular weight excluding hydrogens is 623 g/mol. The van der Waals surface area contributed by atoms with E-state index in [1.54, 1.807) is 12.1 Å². The van der Waals surface area contributed by atoms with Crippen LogP contribution in [0.3, 0.4) is 0 Å². The number of β-lactam (4-membered cyclic amide) rings is 1. The summed E-state index contributed by atoms with van der Waals surface area (Å²) in [5.41, 5.74) is 6.27. The standard InChI is InChI=1S/C35H22Cl2N6O3/c1-17-11-13-25-23(15-17)30-29(39-25)20-9-5-6-10-21(20)32(44)42(30)34-40-41-35(46-34)43-31(27(37)33(43)45)26-22-16-19(36)12-14-24(22)38-28(26)18-7-3-2-4-8-18/h2-16,27,31,38-39H,1H3. The number of H-pyrrole nitrogens is 2. The highest BCUT2D eigenvalue weighted by Gasteiger charge is 2.52. The van der Waals surface area contributed by atoms with Crippen LogP contribution in [0.2, 0.25) is 5.02 Å². The monoisotopic (exact) mass is 644 g/mol. The molecule has 1 aliphatic heterocycles. The molecule has 1 amide bonds. The highest BCUT2D eigenvalue weighted by Crippen LogP contribution is 2.48. The number of hydrogen-bond donors (Lipinski definition) is 2. The van der Waals surface area contributed by atoms with Crippen LogP contribution >= 0.6 is 23.2 Å². The molecule has 1 fully saturated rings. The fraction of sp³-hybridized carbons (Fsp3) is 0.0857. The lowest BCUT2D eigenvalue weighted by molar-refractivity contribution is -0.124. The number of nitrogens with one attached hydrogen (secondary N) is 2. The van der Waals surface area contributed by atoms with E-state index >= 15 is 0 Å². The third kappa shape index (κ3) is 3.76. The minimum absolute atomic E-state index is 0.0621. The number of alkyl halides is 1. The van der Waals surface area contributed by atoms with Crippen molar-refractivity contribution in [2.24, 2.45) is 0 Å². The molecule has 1 aliphatic rings. The zero-order valence-electron chi connectivity index (χ0n) is 24.1. The minimum Gasteiger partial charge on any atom is -0.388 e. The van der Waals surface area contributed by atoms with Crippen molar-refractivity contribution in [2.75, 3.05) is 4.90 Å². The summed E-state index contributed by atoms with van der Waals surface area (Å²) in [7, 11) is 0. The van der Waals surface area contributed by atoms with E-state index in [4.69, 9.17) is 27.6 Å². The van der Waals surface area contributed by atoms with Gasteiger partial charge in [-0.3, -0.25) is 14.5 Å². The molecule has 224 valence electrons. The number of rotatable bonds is 4. The summed E-state index contributed by atoms with van der Waals surface area (Å²) in [6, 6.07) is 27.9. The van der Waals surface area contributed by atoms with Gasteiger partial charge in [0.2, 0.25) is 0 Å². The molecule has 9 nitrogen and oxygen atoms in total. The SMILES string of the molecule is Cc1ccc2[nH]c3c4ccccc4c(=O)n(-c4nnc(N5C(=O)C(Cl)C5c5c(-c6ccccc6)[nH]c6ccc(Cl)cc56)o4)c3c2c1. The second kappa shape index (κ2) is 9.81. The van der Waals surface area contributed by atoms with E-state index in [9.17, 15) is 9.59 Å². The number of amides is 1. The van der Waals surface area contributed by atoms with Gasteiger partial charge < -0.3 is 14.4 Å². The number of nitrogens with zero attached hydrogens (tertiary/aromatic N) is 4. The van der Waals surface area contributed by atoms with Crippen LogP contribution in [0.4, 0.5) is 6.01 Å². The van der Waals surface area contributed by atoms with E-state index in [-0.39, 0.29) is 17.6 Å². The molecule has 4 aromatic carbocycles. The van der Waals surface area contributed by atoms with E-state index in [2.05, 4.69) is 20.2 Å². The van der Waals surface area contributed by atoms with Gasteiger partial charge in [-0.05, 0) is 48.9 Å². The van der Waals surface area contributed by atoms with Gasteiger partial charge in [-0.1, -0.05) is 82.0 Å². The summed E-state index contributed by atoms with van der Waals surface area (Å²) in [5.74, 6) is -0.393. The largest absolute Gasteiger partial charge is 0.388 e. The summed E-state index contributed by atoms with van der Waals surface area (Å²) in [6.45, 7) is 1.99. The Morgan fingerprint density at radius 3 is 2.33 bits per heavy atom. The molecule has 9 rings (SSSR count). The van der Waals surface area contributed by atoms with Crippen molar-refractivity contribution in [1.29, 1.82) is 0 Å². The van der Waals surface area contributed by atoms with Gasteiger partial charge in [0, 0.05) is 43.2 Å². The van der Waals surface area contributed by atoms with Crippen molar-refractivity contribution < 1.29 is 9.21 Å². The van der Waals surface area contributed by atoms with Gasteiger partial charge in [0.15, 0.2) is 0 Å². The van der Waals surface area contributed by atoms with E-state index in [0.717, 1.165) is 55.1 Å². The van der Waals surface area contributed by atoms with Crippen LogP contribution in [-0.4, -0.2) is 36.0 Å². The number of aryl methyl sites for hydroxylation is 1. The molecule has 8 aromatic rings. The lowest BCUT2D eigenvalue weighted by Gasteiger charge is -2.41. The summed E-state index contributed by atoms with van der Waals surface area (Å²) in [4.78, 5) is 35.9. The fourth-order valence-electron chi connectivity index (χ4n) is 6.67. The highest BCUT2D eigenvalue weighted by atomic mass is 35.5. The number of aromatic nitrogens is 5. The molecule has 5 heterocycles. The van der Waals surface area contributed by atoms with Crippen LogP contribution in [0.1, 0.15) is 17.2 Å². The Morgan fingerprint density at radius 2 is 1.50 bits per heavy atom.